The van der Waals surface area contributed by atoms with Crippen molar-refractivity contribution in [2.75, 3.05) is 0 Å². The van der Waals surface area contributed by atoms with E-state index in [9.17, 15) is 0 Å². The average Bonchev–Trinajstić information content (AvgIpc) is 1.35. The maximum atomic E-state index is 9.08. The second-order valence-corrected chi connectivity index (χ2v) is 1.51. The molecule has 0 unspecified atom stereocenters. The Kier molecular flexibility index (Phi) is 4.98. The summed E-state index contributed by atoms with van der Waals surface area (Å²) in [5.41, 5.74) is 0. The van der Waals surface area contributed by atoms with Gasteiger partial charge in [0.2, 0.25) is 0 Å². The maximum Gasteiger partial charge on any atom is 0.423 e. The molecule has 1 radical (unpaired) electrons. The van der Waals surface area contributed by atoms with Crippen molar-refractivity contribution in [3.05, 3.63) is 0 Å². The number of hydrogen-bond donors (Lipinski definition) is 2. The van der Waals surface area contributed by atoms with Crippen LogP contribution in [0.4, 0.5) is 0 Å². The molecule has 0 aromatic rings. The van der Waals surface area contributed by atoms with E-state index in [1.165, 1.54) is 0 Å². The van der Waals surface area contributed by atoms with Crippen molar-refractivity contribution >= 4 is 10.4 Å². The molecule has 0 rings (SSSR count). The predicted octanol–water partition coefficient (Wildman–Crippen LogP) is -0.724. The van der Waals surface area contributed by atoms with Gasteiger partial charge in [0.25, 0.3) is 0 Å². The predicted molar refractivity (Wildman–Crippen MR) is 15.3 cm³/mol. The zero-order valence-corrected chi connectivity index (χ0v) is 4.90. The van der Waals surface area contributed by atoms with Gasteiger partial charge in [-0.3, -0.25) is 4.55 Å². The third-order valence-corrected chi connectivity index (χ3v) is 0.283. The van der Waals surface area contributed by atoms with E-state index in [4.69, 9.17) is 18.2 Å². The molecule has 7 heteroatoms. The molecule has 0 bridgehead atoms. The molecule has 7 heavy (non-hydrogen) atoms. The van der Waals surface area contributed by atoms with Crippen molar-refractivity contribution in [3.63, 3.8) is 0 Å². The third-order valence-electron chi connectivity index (χ3n) is 0.0942. The quantitative estimate of drug-likeness (QED) is 0.234. The Labute approximate surface area is 50.6 Å². The molecule has 5 nitrogen and oxygen atoms in total. The van der Waals surface area contributed by atoms with E-state index >= 15 is 0 Å². The van der Waals surface area contributed by atoms with Crippen molar-refractivity contribution in [1.82, 2.24) is 0 Å². The third kappa shape index (κ3) is 10.7. The van der Waals surface area contributed by atoms with Gasteiger partial charge in [-0.05, 0) is 0 Å². The van der Waals surface area contributed by atoms with Crippen molar-refractivity contribution in [1.29, 1.82) is 0 Å². The summed E-state index contributed by atoms with van der Waals surface area (Å²) < 4.78 is 28.0. The first-order valence-corrected chi connectivity index (χ1v) is 2.23. The molecule has 0 heterocycles. The van der Waals surface area contributed by atoms with E-state index in [-0.39, 0.29) is 17.1 Å². The monoisotopic (exact) mass is 169 g/mol. The molecule has 2 N–H and O–H groups in total. The maximum absolute atomic E-state index is 9.08. The summed E-state index contributed by atoms with van der Waals surface area (Å²) in [6.45, 7) is 0. The SMILES string of the molecule is O=S(=O)(O)OO.[Mn]. The minimum Gasteiger partial charge on any atom is -0.262 e. The number of rotatable bonds is 1. The van der Waals surface area contributed by atoms with Crippen LogP contribution in [0.25, 0.3) is 0 Å². The van der Waals surface area contributed by atoms with Crippen LogP contribution in [-0.4, -0.2) is 18.2 Å². The Balaban J connectivity index is 0. The first-order chi connectivity index (χ1) is 2.56. The van der Waals surface area contributed by atoms with Gasteiger partial charge in [0.15, 0.2) is 0 Å². The van der Waals surface area contributed by atoms with E-state index < -0.39 is 10.4 Å². The topological polar surface area (TPSA) is 83.8 Å². The van der Waals surface area contributed by atoms with Crippen LogP contribution in [0.5, 0.6) is 0 Å². The Hall–Kier alpha value is 0.349. The van der Waals surface area contributed by atoms with E-state index in [1.54, 1.807) is 0 Å². The summed E-state index contributed by atoms with van der Waals surface area (Å²) in [6.07, 6.45) is 0. The van der Waals surface area contributed by atoms with Gasteiger partial charge in [-0.2, -0.15) is 8.42 Å². The molecule has 0 aliphatic heterocycles. The largest absolute Gasteiger partial charge is 0.423 e. The summed E-state index contributed by atoms with van der Waals surface area (Å²) in [5, 5.41) is 7.06. The van der Waals surface area contributed by atoms with Gasteiger partial charge in [0.1, 0.15) is 0 Å². The van der Waals surface area contributed by atoms with Crippen LogP contribution in [0.1, 0.15) is 0 Å². The van der Waals surface area contributed by atoms with E-state index in [0.29, 0.717) is 0 Å². The van der Waals surface area contributed by atoms with E-state index in [0.717, 1.165) is 0 Å². The summed E-state index contributed by atoms with van der Waals surface area (Å²) >= 11 is 0. The molecular weight excluding hydrogens is 167 g/mol. The number of hydrogen-bond acceptors (Lipinski definition) is 4. The smallest absolute Gasteiger partial charge is 0.262 e. The minimum atomic E-state index is -4.61. The molecule has 0 saturated heterocycles. The van der Waals surface area contributed by atoms with Crippen LogP contribution in [-0.2, 0) is 31.8 Å². The van der Waals surface area contributed by atoms with Crippen LogP contribution < -0.4 is 0 Å². The molecule has 0 aliphatic rings. The second kappa shape index (κ2) is 3.36. The molecule has 45 valence electrons. The van der Waals surface area contributed by atoms with Gasteiger partial charge < -0.3 is 0 Å². The molecule has 0 saturated carbocycles. The summed E-state index contributed by atoms with van der Waals surface area (Å²) in [7, 11) is -4.61. The zero-order chi connectivity index (χ0) is 5.21. The fourth-order valence-electron chi connectivity index (χ4n) is 0. The standard InChI is InChI=1S/Mn.H2O5S/c;1-5-6(2,3)4/h;1H,(H,2,3,4). The molecular formula is H2MnO5S. The van der Waals surface area contributed by atoms with Crippen LogP contribution in [0.2, 0.25) is 0 Å². The first-order valence-electron chi connectivity index (χ1n) is 0.865. The van der Waals surface area contributed by atoms with Crippen molar-refractivity contribution < 1.29 is 39.6 Å². The van der Waals surface area contributed by atoms with Gasteiger partial charge >= 0.3 is 10.4 Å². The van der Waals surface area contributed by atoms with Gasteiger partial charge in [-0.15, -0.1) is 0 Å². The molecule has 0 aromatic heterocycles. The Morgan fingerprint density at radius 3 is 1.57 bits per heavy atom. The molecule has 0 fully saturated rings. The van der Waals surface area contributed by atoms with Crippen molar-refractivity contribution in [2.45, 2.75) is 0 Å². The Morgan fingerprint density at radius 2 is 1.57 bits per heavy atom. The van der Waals surface area contributed by atoms with Crippen LogP contribution in [0.3, 0.4) is 0 Å². The van der Waals surface area contributed by atoms with Crippen molar-refractivity contribution in [2.24, 2.45) is 0 Å². The van der Waals surface area contributed by atoms with E-state index in [2.05, 4.69) is 4.33 Å². The summed E-state index contributed by atoms with van der Waals surface area (Å²) in [5.74, 6) is 0. The summed E-state index contributed by atoms with van der Waals surface area (Å²) in [6, 6.07) is 0. The molecule has 0 atom stereocenters. The van der Waals surface area contributed by atoms with Crippen LogP contribution in [0, 0.1) is 0 Å². The summed E-state index contributed by atoms with van der Waals surface area (Å²) in [4.78, 5) is 0. The van der Waals surface area contributed by atoms with Crippen molar-refractivity contribution in [3.8, 4) is 0 Å². The fraction of sp³-hybridized carbons (Fsp3) is 0. The fourth-order valence-corrected chi connectivity index (χ4v) is 0. The Bertz CT molecular complexity index is 110. The minimum absolute atomic E-state index is 0. The first kappa shape index (κ1) is 10.4. The second-order valence-electron chi connectivity index (χ2n) is 0.502. The molecule has 0 aromatic carbocycles. The molecule has 0 amide bonds. The van der Waals surface area contributed by atoms with Gasteiger partial charge in [0.05, 0.1) is 0 Å². The van der Waals surface area contributed by atoms with Gasteiger partial charge in [-0.1, -0.05) is 4.33 Å². The molecule has 0 aliphatic carbocycles. The molecule has 0 spiro atoms. The Morgan fingerprint density at radius 1 is 1.43 bits per heavy atom. The zero-order valence-electron chi connectivity index (χ0n) is 2.91. The van der Waals surface area contributed by atoms with Gasteiger partial charge in [0, 0.05) is 17.1 Å². The van der Waals surface area contributed by atoms with Gasteiger partial charge in [-0.25, -0.2) is 5.26 Å². The average molecular weight is 169 g/mol. The van der Waals surface area contributed by atoms with Crippen LogP contribution >= 0.6 is 0 Å². The van der Waals surface area contributed by atoms with E-state index in [1.807, 2.05) is 0 Å². The normalized spacial score (nSPS) is 10.0. The van der Waals surface area contributed by atoms with Crippen LogP contribution in [0.15, 0.2) is 0 Å².